The van der Waals surface area contributed by atoms with E-state index in [-0.39, 0.29) is 17.4 Å². The summed E-state index contributed by atoms with van der Waals surface area (Å²) in [5.41, 5.74) is -0.825. The molecule has 18 heavy (non-hydrogen) atoms. The van der Waals surface area contributed by atoms with E-state index in [0.29, 0.717) is 6.54 Å². The van der Waals surface area contributed by atoms with Crippen LogP contribution in [0.15, 0.2) is 12.1 Å². The lowest BCUT2D eigenvalue weighted by Crippen LogP contribution is -2.32. The Hall–Kier alpha value is -1.77. The number of alkyl halides is 3. The van der Waals surface area contributed by atoms with Crippen LogP contribution in [0.3, 0.4) is 0 Å². The fraction of sp³-hybridized carbons (Fsp3) is 0.500. The van der Waals surface area contributed by atoms with Gasteiger partial charge in [0, 0.05) is 12.6 Å². The maximum Gasteiger partial charge on any atom is 0.433 e. The van der Waals surface area contributed by atoms with Crippen molar-refractivity contribution < 1.29 is 13.2 Å². The van der Waals surface area contributed by atoms with Gasteiger partial charge >= 0.3 is 6.18 Å². The second-order valence-corrected chi connectivity index (χ2v) is 4.06. The van der Waals surface area contributed by atoms with Gasteiger partial charge in [-0.1, -0.05) is 0 Å². The molecule has 0 aliphatic heterocycles. The van der Waals surface area contributed by atoms with Gasteiger partial charge in [-0.3, -0.25) is 0 Å². The first-order valence-electron chi connectivity index (χ1n) is 5.56. The van der Waals surface area contributed by atoms with E-state index < -0.39 is 11.9 Å². The van der Waals surface area contributed by atoms with Crippen LogP contribution < -0.4 is 4.90 Å². The Bertz CT molecular complexity index is 461. The number of nitrogens with zero attached hydrogens (tertiary/aromatic N) is 3. The van der Waals surface area contributed by atoms with E-state index in [2.05, 4.69) is 4.98 Å². The summed E-state index contributed by atoms with van der Waals surface area (Å²) < 4.78 is 37.8. The first-order chi connectivity index (χ1) is 8.31. The molecule has 1 aromatic heterocycles. The minimum Gasteiger partial charge on any atom is -0.353 e. The summed E-state index contributed by atoms with van der Waals surface area (Å²) >= 11 is 0. The predicted octanol–water partition coefficient (Wildman–Crippen LogP) is 3.21. The molecule has 0 aliphatic carbocycles. The fourth-order valence-corrected chi connectivity index (χ4v) is 1.67. The Kier molecular flexibility index (Phi) is 4.17. The summed E-state index contributed by atoms with van der Waals surface area (Å²) in [6, 6.07) is 3.84. The molecule has 0 atom stereocenters. The molecule has 6 heteroatoms. The number of halogens is 3. The molecule has 0 aliphatic rings. The topological polar surface area (TPSA) is 39.9 Å². The highest BCUT2D eigenvalue weighted by atomic mass is 19.4. The maximum absolute atomic E-state index is 12.6. The highest BCUT2D eigenvalue weighted by Crippen LogP contribution is 2.30. The minimum absolute atomic E-state index is 0.0296. The minimum atomic E-state index is -4.50. The van der Waals surface area contributed by atoms with Crippen LogP contribution in [0.4, 0.5) is 19.0 Å². The monoisotopic (exact) mass is 257 g/mol. The molecule has 0 spiro atoms. The van der Waals surface area contributed by atoms with E-state index in [9.17, 15) is 13.2 Å². The molecule has 0 fully saturated rings. The molecule has 0 unspecified atom stereocenters. The van der Waals surface area contributed by atoms with Crippen LogP contribution in [0.25, 0.3) is 0 Å². The third kappa shape index (κ3) is 2.92. The zero-order valence-corrected chi connectivity index (χ0v) is 10.4. The van der Waals surface area contributed by atoms with E-state index in [1.165, 1.54) is 0 Å². The lowest BCUT2D eigenvalue weighted by Gasteiger charge is -2.27. The van der Waals surface area contributed by atoms with Crippen molar-refractivity contribution in [3.8, 4) is 6.07 Å². The van der Waals surface area contributed by atoms with Crippen molar-refractivity contribution in [2.24, 2.45) is 0 Å². The van der Waals surface area contributed by atoms with Crippen molar-refractivity contribution in [1.29, 1.82) is 5.26 Å². The largest absolute Gasteiger partial charge is 0.433 e. The van der Waals surface area contributed by atoms with Gasteiger partial charge in [0.1, 0.15) is 17.6 Å². The molecule has 1 heterocycles. The lowest BCUT2D eigenvalue weighted by atomic mass is 10.2. The van der Waals surface area contributed by atoms with Crippen LogP contribution in [0.5, 0.6) is 0 Å². The van der Waals surface area contributed by atoms with Gasteiger partial charge in [0.05, 0.1) is 5.56 Å². The van der Waals surface area contributed by atoms with E-state index in [1.54, 1.807) is 4.90 Å². The molecule has 0 aromatic carbocycles. The van der Waals surface area contributed by atoms with E-state index in [0.717, 1.165) is 12.1 Å². The van der Waals surface area contributed by atoms with E-state index >= 15 is 0 Å². The van der Waals surface area contributed by atoms with Crippen LogP contribution >= 0.6 is 0 Å². The number of aromatic nitrogens is 1. The molecule has 0 bridgehead atoms. The second-order valence-electron chi connectivity index (χ2n) is 4.06. The predicted molar refractivity (Wildman–Crippen MR) is 62.1 cm³/mol. The van der Waals surface area contributed by atoms with Gasteiger partial charge in [0.25, 0.3) is 0 Å². The Morgan fingerprint density at radius 2 is 2.00 bits per heavy atom. The number of nitriles is 1. The molecule has 98 valence electrons. The number of hydrogen-bond donors (Lipinski definition) is 0. The van der Waals surface area contributed by atoms with Gasteiger partial charge in [0.2, 0.25) is 0 Å². The Morgan fingerprint density at radius 3 is 2.39 bits per heavy atom. The van der Waals surface area contributed by atoms with Gasteiger partial charge < -0.3 is 4.90 Å². The molecule has 3 nitrogen and oxygen atoms in total. The van der Waals surface area contributed by atoms with Crippen molar-refractivity contribution in [3.63, 3.8) is 0 Å². The molecule has 0 saturated heterocycles. The molecule has 0 radical (unpaired) electrons. The smallest absolute Gasteiger partial charge is 0.353 e. The zero-order valence-electron chi connectivity index (χ0n) is 10.4. The van der Waals surface area contributed by atoms with E-state index in [4.69, 9.17) is 5.26 Å². The lowest BCUT2D eigenvalue weighted by molar-refractivity contribution is -0.141. The average molecular weight is 257 g/mol. The highest BCUT2D eigenvalue weighted by molar-refractivity contribution is 5.55. The van der Waals surface area contributed by atoms with Crippen LogP contribution in [-0.2, 0) is 6.18 Å². The van der Waals surface area contributed by atoms with Crippen molar-refractivity contribution in [2.45, 2.75) is 33.0 Å². The Labute approximate surface area is 104 Å². The Balaban J connectivity index is 3.35. The number of hydrogen-bond acceptors (Lipinski definition) is 3. The fourth-order valence-electron chi connectivity index (χ4n) is 1.67. The van der Waals surface area contributed by atoms with Crippen molar-refractivity contribution >= 4 is 5.82 Å². The third-order valence-corrected chi connectivity index (χ3v) is 2.52. The van der Waals surface area contributed by atoms with Gasteiger partial charge in [-0.05, 0) is 32.9 Å². The number of pyridine rings is 1. The van der Waals surface area contributed by atoms with Crippen LogP contribution in [0, 0.1) is 11.3 Å². The van der Waals surface area contributed by atoms with Gasteiger partial charge in [-0.15, -0.1) is 0 Å². The quantitative estimate of drug-likeness (QED) is 0.834. The van der Waals surface area contributed by atoms with Gasteiger partial charge in [0.15, 0.2) is 0 Å². The molecular weight excluding hydrogens is 243 g/mol. The molecular formula is C12H14F3N3. The average Bonchev–Trinajstić information content (AvgIpc) is 2.28. The summed E-state index contributed by atoms with van der Waals surface area (Å²) in [6.45, 7) is 5.98. The standard InChI is InChI=1S/C12H14F3N3/c1-4-18(8(2)3)11-9(7-16)5-6-10(17-11)12(13,14)15/h5-6,8H,4H2,1-3H3. The molecule has 0 amide bonds. The van der Waals surface area contributed by atoms with Crippen LogP contribution in [-0.4, -0.2) is 17.6 Å². The molecule has 1 aromatic rings. The molecule has 1 rings (SSSR count). The van der Waals surface area contributed by atoms with E-state index in [1.807, 2.05) is 26.8 Å². The summed E-state index contributed by atoms with van der Waals surface area (Å²) in [7, 11) is 0. The summed E-state index contributed by atoms with van der Waals surface area (Å²) in [4.78, 5) is 5.25. The van der Waals surface area contributed by atoms with Gasteiger partial charge in [-0.25, -0.2) is 4.98 Å². The van der Waals surface area contributed by atoms with Crippen LogP contribution in [0.2, 0.25) is 0 Å². The molecule has 0 saturated carbocycles. The van der Waals surface area contributed by atoms with Crippen LogP contribution in [0.1, 0.15) is 32.0 Å². The van der Waals surface area contributed by atoms with Gasteiger partial charge in [-0.2, -0.15) is 18.4 Å². The van der Waals surface area contributed by atoms with Crippen molar-refractivity contribution in [2.75, 3.05) is 11.4 Å². The number of anilines is 1. The Morgan fingerprint density at radius 1 is 1.39 bits per heavy atom. The van der Waals surface area contributed by atoms with Crippen molar-refractivity contribution in [1.82, 2.24) is 4.98 Å². The molecule has 0 N–H and O–H groups in total. The SMILES string of the molecule is CCN(c1nc(C(F)(F)F)ccc1C#N)C(C)C. The summed E-state index contributed by atoms with van der Waals surface area (Å²) in [5, 5.41) is 8.94. The normalized spacial score (nSPS) is 11.4. The first-order valence-corrected chi connectivity index (χ1v) is 5.56. The zero-order chi connectivity index (χ0) is 13.9. The maximum atomic E-state index is 12.6. The number of rotatable bonds is 3. The third-order valence-electron chi connectivity index (χ3n) is 2.52. The van der Waals surface area contributed by atoms with Crippen molar-refractivity contribution in [3.05, 3.63) is 23.4 Å². The first kappa shape index (κ1) is 14.3. The second kappa shape index (κ2) is 5.25. The summed E-state index contributed by atoms with van der Waals surface area (Å²) in [5.74, 6) is 0.0878. The highest BCUT2D eigenvalue weighted by Gasteiger charge is 2.33. The summed E-state index contributed by atoms with van der Waals surface area (Å²) in [6.07, 6.45) is -4.50.